The molecule has 1 aromatic heterocycles. The summed E-state index contributed by atoms with van der Waals surface area (Å²) in [4.78, 5) is 2.07. The van der Waals surface area contributed by atoms with Gasteiger partial charge < -0.3 is 4.42 Å². The van der Waals surface area contributed by atoms with Crippen molar-refractivity contribution in [2.45, 2.75) is 13.1 Å². The third kappa shape index (κ3) is 6.03. The zero-order valence-corrected chi connectivity index (χ0v) is 14.2. The van der Waals surface area contributed by atoms with Crippen LogP contribution in [0.1, 0.15) is 11.3 Å². The fraction of sp³-hybridized carbons (Fsp3) is 0.333. The van der Waals surface area contributed by atoms with E-state index in [0.29, 0.717) is 24.3 Å². The summed E-state index contributed by atoms with van der Waals surface area (Å²) in [7, 11) is -2.98. The molecule has 0 fully saturated rings. The van der Waals surface area contributed by atoms with Gasteiger partial charge in [-0.3, -0.25) is 4.90 Å². The van der Waals surface area contributed by atoms with Crippen molar-refractivity contribution in [1.82, 2.24) is 4.90 Å². The van der Waals surface area contributed by atoms with Gasteiger partial charge in [0, 0.05) is 19.3 Å². The van der Waals surface area contributed by atoms with Gasteiger partial charge in [-0.25, -0.2) is 8.42 Å². The molecular formula is C15H18BrNO3S. The van der Waals surface area contributed by atoms with Crippen molar-refractivity contribution in [2.24, 2.45) is 0 Å². The summed E-state index contributed by atoms with van der Waals surface area (Å²) in [6, 6.07) is 13.7. The van der Waals surface area contributed by atoms with Gasteiger partial charge in [0.1, 0.15) is 15.6 Å². The van der Waals surface area contributed by atoms with E-state index in [-0.39, 0.29) is 5.75 Å². The number of benzene rings is 1. The quantitative estimate of drug-likeness (QED) is 0.750. The monoisotopic (exact) mass is 371 g/mol. The van der Waals surface area contributed by atoms with Crippen LogP contribution in [0.25, 0.3) is 0 Å². The van der Waals surface area contributed by atoms with Gasteiger partial charge in [-0.15, -0.1) is 0 Å². The Morgan fingerprint density at radius 2 is 1.81 bits per heavy atom. The minimum atomic E-state index is -2.98. The topological polar surface area (TPSA) is 50.5 Å². The van der Waals surface area contributed by atoms with Crippen LogP contribution in [0, 0.1) is 0 Å². The highest BCUT2D eigenvalue weighted by Crippen LogP contribution is 2.17. The van der Waals surface area contributed by atoms with Crippen LogP contribution >= 0.6 is 15.9 Å². The second kappa shape index (κ2) is 7.24. The van der Waals surface area contributed by atoms with Gasteiger partial charge in [-0.2, -0.15) is 0 Å². The Morgan fingerprint density at radius 3 is 2.38 bits per heavy atom. The zero-order valence-electron chi connectivity index (χ0n) is 11.8. The van der Waals surface area contributed by atoms with E-state index in [1.807, 2.05) is 42.5 Å². The lowest BCUT2D eigenvalue weighted by molar-refractivity contribution is 0.247. The molecule has 0 N–H and O–H groups in total. The van der Waals surface area contributed by atoms with Gasteiger partial charge >= 0.3 is 0 Å². The van der Waals surface area contributed by atoms with Crippen LogP contribution in [0.2, 0.25) is 0 Å². The van der Waals surface area contributed by atoms with E-state index in [0.717, 1.165) is 11.3 Å². The van der Waals surface area contributed by atoms with E-state index in [9.17, 15) is 8.42 Å². The van der Waals surface area contributed by atoms with Gasteiger partial charge in [-0.1, -0.05) is 30.3 Å². The van der Waals surface area contributed by atoms with E-state index in [1.54, 1.807) is 0 Å². The summed E-state index contributed by atoms with van der Waals surface area (Å²) in [5, 5.41) is 0. The minimum Gasteiger partial charge on any atom is -0.453 e. The van der Waals surface area contributed by atoms with Crippen molar-refractivity contribution in [2.75, 3.05) is 18.6 Å². The van der Waals surface area contributed by atoms with Gasteiger partial charge in [0.15, 0.2) is 4.67 Å². The summed E-state index contributed by atoms with van der Waals surface area (Å²) in [6.07, 6.45) is 1.26. The van der Waals surface area contributed by atoms with Crippen LogP contribution in [-0.4, -0.2) is 31.9 Å². The molecular weight excluding hydrogens is 354 g/mol. The SMILES string of the molecule is CS(=O)(=O)CCN(Cc1ccccc1)Cc1ccc(Br)o1. The van der Waals surface area contributed by atoms with Crippen LogP contribution in [0.15, 0.2) is 51.6 Å². The standard InChI is InChI=1S/C15H18BrNO3S/c1-21(18,19)10-9-17(11-13-5-3-2-4-6-13)12-14-7-8-15(16)20-14/h2-8H,9-12H2,1H3. The predicted octanol–water partition coefficient (Wildman–Crippen LogP) is 3.09. The summed E-state index contributed by atoms with van der Waals surface area (Å²) in [6.45, 7) is 1.75. The van der Waals surface area contributed by atoms with Crippen LogP contribution in [0.4, 0.5) is 0 Å². The molecule has 1 heterocycles. The van der Waals surface area contributed by atoms with E-state index in [4.69, 9.17) is 4.42 Å². The van der Waals surface area contributed by atoms with Crippen LogP contribution in [-0.2, 0) is 22.9 Å². The molecule has 114 valence electrons. The van der Waals surface area contributed by atoms with E-state index >= 15 is 0 Å². The highest BCUT2D eigenvalue weighted by Gasteiger charge is 2.12. The maximum atomic E-state index is 11.4. The molecule has 0 saturated heterocycles. The Balaban J connectivity index is 2.06. The third-order valence-corrected chi connectivity index (χ3v) is 4.39. The van der Waals surface area contributed by atoms with Crippen molar-refractivity contribution in [1.29, 1.82) is 0 Å². The molecule has 0 aliphatic rings. The molecule has 0 unspecified atom stereocenters. The fourth-order valence-corrected chi connectivity index (χ4v) is 2.94. The molecule has 0 amide bonds. The number of rotatable bonds is 7. The zero-order chi connectivity index (χ0) is 15.3. The molecule has 0 bridgehead atoms. The molecule has 0 aliphatic carbocycles. The Morgan fingerprint density at radius 1 is 1.10 bits per heavy atom. The highest BCUT2D eigenvalue weighted by atomic mass is 79.9. The molecule has 0 atom stereocenters. The van der Waals surface area contributed by atoms with E-state index < -0.39 is 9.84 Å². The second-order valence-corrected chi connectivity index (χ2v) is 8.07. The lowest BCUT2D eigenvalue weighted by Gasteiger charge is -2.20. The number of sulfone groups is 1. The average molecular weight is 372 g/mol. The average Bonchev–Trinajstić information content (AvgIpc) is 2.82. The molecule has 6 heteroatoms. The van der Waals surface area contributed by atoms with Crippen molar-refractivity contribution < 1.29 is 12.8 Å². The fourth-order valence-electron chi connectivity index (χ4n) is 2.01. The van der Waals surface area contributed by atoms with Gasteiger partial charge in [-0.05, 0) is 33.6 Å². The van der Waals surface area contributed by atoms with E-state index in [2.05, 4.69) is 20.8 Å². The molecule has 1 aromatic carbocycles. The molecule has 0 radical (unpaired) electrons. The number of halogens is 1. The minimum absolute atomic E-state index is 0.141. The Labute approximate surface area is 133 Å². The first-order valence-corrected chi connectivity index (χ1v) is 9.46. The van der Waals surface area contributed by atoms with Crippen LogP contribution in [0.3, 0.4) is 0 Å². The Kier molecular flexibility index (Phi) is 5.61. The molecule has 0 aliphatic heterocycles. The normalized spacial score (nSPS) is 12.0. The summed E-state index contributed by atoms with van der Waals surface area (Å²) in [5.41, 5.74) is 1.15. The summed E-state index contributed by atoms with van der Waals surface area (Å²) >= 11 is 3.28. The maximum Gasteiger partial charge on any atom is 0.169 e. The molecule has 2 rings (SSSR count). The first-order chi connectivity index (χ1) is 9.92. The molecule has 0 saturated carbocycles. The lowest BCUT2D eigenvalue weighted by atomic mass is 10.2. The first-order valence-electron chi connectivity index (χ1n) is 6.60. The number of nitrogens with zero attached hydrogens (tertiary/aromatic N) is 1. The van der Waals surface area contributed by atoms with Crippen molar-refractivity contribution in [3.63, 3.8) is 0 Å². The molecule has 2 aromatic rings. The second-order valence-electron chi connectivity index (χ2n) is 5.03. The van der Waals surface area contributed by atoms with E-state index in [1.165, 1.54) is 6.26 Å². The Bertz CT molecular complexity index is 667. The lowest BCUT2D eigenvalue weighted by Crippen LogP contribution is -2.28. The summed E-state index contributed by atoms with van der Waals surface area (Å²) < 4.78 is 29.0. The smallest absolute Gasteiger partial charge is 0.169 e. The largest absolute Gasteiger partial charge is 0.453 e. The first kappa shape index (κ1) is 16.3. The van der Waals surface area contributed by atoms with Crippen molar-refractivity contribution >= 4 is 25.8 Å². The van der Waals surface area contributed by atoms with Crippen molar-refractivity contribution in [3.05, 3.63) is 58.5 Å². The van der Waals surface area contributed by atoms with Crippen LogP contribution < -0.4 is 0 Å². The number of furan rings is 1. The third-order valence-electron chi connectivity index (χ3n) is 3.04. The number of hydrogen-bond acceptors (Lipinski definition) is 4. The van der Waals surface area contributed by atoms with Gasteiger partial charge in [0.25, 0.3) is 0 Å². The molecule has 21 heavy (non-hydrogen) atoms. The maximum absolute atomic E-state index is 11.4. The predicted molar refractivity (Wildman–Crippen MR) is 86.7 cm³/mol. The van der Waals surface area contributed by atoms with Gasteiger partial charge in [0.2, 0.25) is 0 Å². The Hall–Kier alpha value is -1.11. The molecule has 4 nitrogen and oxygen atoms in total. The van der Waals surface area contributed by atoms with Gasteiger partial charge in [0.05, 0.1) is 12.3 Å². The summed E-state index contributed by atoms with van der Waals surface area (Å²) in [5.74, 6) is 0.952. The van der Waals surface area contributed by atoms with Crippen molar-refractivity contribution in [3.8, 4) is 0 Å². The highest BCUT2D eigenvalue weighted by molar-refractivity contribution is 9.10. The van der Waals surface area contributed by atoms with Crippen LogP contribution in [0.5, 0.6) is 0 Å². The molecule has 0 spiro atoms. The number of hydrogen-bond donors (Lipinski definition) is 0.